The third-order valence-corrected chi connectivity index (χ3v) is 10.9. The highest BCUT2D eigenvalue weighted by Crippen LogP contribution is 2.61. The van der Waals surface area contributed by atoms with E-state index in [1.165, 1.54) is 40.0 Å². The van der Waals surface area contributed by atoms with Crippen molar-refractivity contribution in [3.63, 3.8) is 0 Å². The molecule has 0 radical (unpaired) electrons. The molecule has 0 saturated carbocycles. The molecule has 2 aliphatic heterocycles. The molecule has 3 aromatic rings. The molecular weight excluding hydrogens is 652 g/mol. The maximum atomic E-state index is 12.5. The van der Waals surface area contributed by atoms with Crippen LogP contribution in [0.2, 0.25) is 0 Å². The number of nitrogen functional groups attached to an aromatic ring is 1. The zero-order chi connectivity index (χ0) is 32.0. The molecule has 23 heteroatoms. The number of phosphoric ester groups is 2. The first-order valence-corrected chi connectivity index (χ1v) is 16.5. The molecule has 2 aliphatic rings. The summed E-state index contributed by atoms with van der Waals surface area (Å²) >= 11 is 0.933. The van der Waals surface area contributed by atoms with E-state index in [1.54, 1.807) is 0 Å². The van der Waals surface area contributed by atoms with E-state index in [9.17, 15) is 44.1 Å². The molecule has 2 saturated heterocycles. The fourth-order valence-corrected chi connectivity index (χ4v) is 8.20. The molecule has 0 aromatic carbocycles. The second-order valence-corrected chi connectivity index (χ2v) is 14.1. The van der Waals surface area contributed by atoms with E-state index in [0.29, 0.717) is 0 Å². The number of aromatic nitrogens is 5. The van der Waals surface area contributed by atoms with Crippen LogP contribution in [0.15, 0.2) is 37.2 Å². The van der Waals surface area contributed by atoms with Crippen molar-refractivity contribution >= 4 is 50.3 Å². The number of pyridine rings is 1. The van der Waals surface area contributed by atoms with Gasteiger partial charge in [-0.1, -0.05) is 11.8 Å². The van der Waals surface area contributed by atoms with Gasteiger partial charge in [0.15, 0.2) is 36.2 Å². The Morgan fingerprint density at radius 1 is 1.05 bits per heavy atom. The van der Waals surface area contributed by atoms with Gasteiger partial charge >= 0.3 is 15.6 Å². The van der Waals surface area contributed by atoms with Gasteiger partial charge in [0.1, 0.15) is 41.8 Å². The second-order valence-electron chi connectivity index (χ2n) is 9.69. The number of aliphatic hydroxyl groups is 4. The van der Waals surface area contributed by atoms with Gasteiger partial charge in [-0.05, 0) is 6.07 Å². The van der Waals surface area contributed by atoms with Crippen LogP contribution < -0.4 is 16.0 Å². The fraction of sp³-hybridized carbons (Fsp3) is 0.476. The summed E-state index contributed by atoms with van der Waals surface area (Å²) in [4.78, 5) is 43.4. The van der Waals surface area contributed by atoms with Gasteiger partial charge in [-0.2, -0.15) is 8.88 Å². The highest BCUT2D eigenvalue weighted by Gasteiger charge is 2.50. The number of nitrogens with two attached hydrogens (primary N) is 2. The number of hydrogen-bond donors (Lipinski definition) is 8. The Hall–Kier alpha value is -2.62. The standard InChI is InChI=1S/C21H27N7O13P2S/c22-17-12-19(25-7-24-17)28(8-26-12)20-15(31)13(29)10(40-20)5-38-42(34,35)41-43(36,37)39-6-11-14(30)16(32)21(44-11)27-3-1-2-9(4-27)18(23)33/h1-4,7-8,10-11,13-16,20-21,29-32H,5-6H2,(H5-,22,23,24,25,33,34,35,36,37)/p+1/t10-,11-,13-,14-,15-,16-,20-,21-/m1/s1. The number of phosphoric acid groups is 2. The minimum Gasteiger partial charge on any atom is -0.389 e. The summed E-state index contributed by atoms with van der Waals surface area (Å²) < 4.78 is 47.0. The molecule has 10 atom stereocenters. The fourth-order valence-electron chi connectivity index (χ4n) is 4.58. The number of thioether (sulfide) groups is 1. The van der Waals surface area contributed by atoms with Gasteiger partial charge in [-0.3, -0.25) is 18.4 Å². The molecule has 5 heterocycles. The lowest BCUT2D eigenvalue weighted by Gasteiger charge is -2.20. The number of nitrogens with zero attached hydrogens (tertiary/aromatic N) is 5. The molecule has 0 spiro atoms. The van der Waals surface area contributed by atoms with Gasteiger partial charge in [0, 0.05) is 6.07 Å². The van der Waals surface area contributed by atoms with E-state index < -0.39 is 82.1 Å². The summed E-state index contributed by atoms with van der Waals surface area (Å²) in [6.45, 7) is -1.59. The van der Waals surface area contributed by atoms with E-state index in [1.807, 2.05) is 0 Å². The number of aliphatic hydroxyl groups excluding tert-OH is 4. The summed E-state index contributed by atoms with van der Waals surface area (Å²) in [6.07, 6.45) is -3.51. The average molecular weight is 681 g/mol. The Morgan fingerprint density at radius 2 is 1.75 bits per heavy atom. The zero-order valence-corrected chi connectivity index (χ0v) is 24.8. The van der Waals surface area contributed by atoms with E-state index in [4.69, 9.17) is 25.3 Å². The van der Waals surface area contributed by atoms with Crippen LogP contribution in [0.25, 0.3) is 11.2 Å². The van der Waals surface area contributed by atoms with Crippen molar-refractivity contribution in [3.05, 3.63) is 42.7 Å². The average Bonchev–Trinajstić information content (AvgIpc) is 3.61. The number of ether oxygens (including phenoxy) is 1. The largest absolute Gasteiger partial charge is 0.481 e. The van der Waals surface area contributed by atoms with Crippen molar-refractivity contribution in [2.75, 3.05) is 18.9 Å². The Balaban J connectivity index is 1.16. The SMILES string of the molecule is NC(=O)c1ccc[n+]([C@@H]2S[C@H](COP(=O)(O)OP(=O)(O)OC[C@H]3O[C@@H](n4cnc5c(N)ncnc54)[C@H](O)[C@@H]3O)[C@@H](O)[C@H]2O)c1. The topological polar surface area (TPSA) is 309 Å². The summed E-state index contributed by atoms with van der Waals surface area (Å²) in [7, 11) is -10.6. The Labute approximate surface area is 251 Å². The molecule has 5 rings (SSSR count). The summed E-state index contributed by atoms with van der Waals surface area (Å²) in [5.74, 6) is -0.662. The number of rotatable bonds is 11. The number of carbonyl (C=O) groups excluding carboxylic acids is 1. The van der Waals surface area contributed by atoms with Crippen LogP contribution in [0.1, 0.15) is 22.0 Å². The summed E-state index contributed by atoms with van der Waals surface area (Å²) in [6, 6.07) is 2.95. The number of hydrogen-bond acceptors (Lipinski definition) is 16. The van der Waals surface area contributed by atoms with Crippen LogP contribution >= 0.6 is 27.4 Å². The highest BCUT2D eigenvalue weighted by molar-refractivity contribution is 8.00. The zero-order valence-electron chi connectivity index (χ0n) is 22.2. The maximum absolute atomic E-state index is 12.5. The number of amides is 1. The molecule has 10 N–H and O–H groups in total. The van der Waals surface area contributed by atoms with E-state index >= 15 is 0 Å². The molecule has 1 amide bonds. The van der Waals surface area contributed by atoms with Gasteiger partial charge in [0.05, 0.1) is 24.8 Å². The monoisotopic (exact) mass is 680 g/mol. The minimum absolute atomic E-state index is 0.0570. The lowest BCUT2D eigenvalue weighted by Crippen LogP contribution is -2.45. The Kier molecular flexibility index (Phi) is 9.41. The Morgan fingerprint density at radius 3 is 2.45 bits per heavy atom. The maximum Gasteiger partial charge on any atom is 0.481 e. The van der Waals surface area contributed by atoms with Crippen LogP contribution in [-0.2, 0) is 27.2 Å². The van der Waals surface area contributed by atoms with Crippen molar-refractivity contribution in [1.29, 1.82) is 0 Å². The first-order chi connectivity index (χ1) is 20.7. The quantitative estimate of drug-likeness (QED) is 0.0780. The first-order valence-electron chi connectivity index (χ1n) is 12.6. The van der Waals surface area contributed by atoms with Gasteiger partial charge < -0.3 is 46.4 Å². The van der Waals surface area contributed by atoms with Crippen molar-refractivity contribution in [2.45, 2.75) is 47.4 Å². The number of fused-ring (bicyclic) bond motifs is 1. The minimum atomic E-state index is -5.34. The predicted octanol–water partition coefficient (Wildman–Crippen LogP) is -2.30. The number of carbonyl (C=O) groups is 1. The lowest BCUT2D eigenvalue weighted by molar-refractivity contribution is -0.706. The van der Waals surface area contributed by atoms with Crippen LogP contribution in [0.5, 0.6) is 0 Å². The third kappa shape index (κ3) is 6.80. The Bertz CT molecular complexity index is 1630. The van der Waals surface area contributed by atoms with E-state index in [2.05, 4.69) is 19.3 Å². The molecule has 44 heavy (non-hydrogen) atoms. The highest BCUT2D eigenvalue weighted by atomic mass is 32.2. The van der Waals surface area contributed by atoms with Gasteiger partial charge in [0.2, 0.25) is 5.37 Å². The normalized spacial score (nSPS) is 31.6. The number of anilines is 1. The van der Waals surface area contributed by atoms with Crippen LogP contribution in [0.4, 0.5) is 5.82 Å². The molecule has 0 aliphatic carbocycles. The van der Waals surface area contributed by atoms with Gasteiger partial charge in [-0.15, -0.1) is 0 Å². The molecule has 3 aromatic heterocycles. The number of imidazole rings is 1. The van der Waals surface area contributed by atoms with Crippen molar-refractivity contribution < 1.29 is 66.8 Å². The smallest absolute Gasteiger partial charge is 0.389 e. The molecular formula is C21H28N7O13P2S+. The van der Waals surface area contributed by atoms with Gasteiger partial charge in [-0.25, -0.2) is 24.1 Å². The first kappa shape index (κ1) is 32.8. The molecule has 0 bridgehead atoms. The van der Waals surface area contributed by atoms with Crippen LogP contribution in [-0.4, -0.2) is 105 Å². The summed E-state index contributed by atoms with van der Waals surface area (Å²) in [5, 5.41) is 40.0. The van der Waals surface area contributed by atoms with Gasteiger partial charge in [0.25, 0.3) is 5.91 Å². The van der Waals surface area contributed by atoms with Crippen molar-refractivity contribution in [3.8, 4) is 0 Å². The molecule has 2 unspecified atom stereocenters. The van der Waals surface area contributed by atoms with Crippen LogP contribution in [0.3, 0.4) is 0 Å². The molecule has 20 nitrogen and oxygen atoms in total. The molecule has 240 valence electrons. The predicted molar refractivity (Wildman–Crippen MR) is 146 cm³/mol. The number of primary amides is 1. The van der Waals surface area contributed by atoms with E-state index in [-0.39, 0.29) is 22.5 Å². The van der Waals surface area contributed by atoms with Crippen LogP contribution in [0, 0.1) is 0 Å². The second kappa shape index (κ2) is 12.6. The van der Waals surface area contributed by atoms with Crippen molar-refractivity contribution in [1.82, 2.24) is 19.5 Å². The summed E-state index contributed by atoms with van der Waals surface area (Å²) in [5.41, 5.74) is 11.5. The third-order valence-electron chi connectivity index (χ3n) is 6.75. The van der Waals surface area contributed by atoms with Crippen molar-refractivity contribution in [2.24, 2.45) is 5.73 Å². The van der Waals surface area contributed by atoms with E-state index in [0.717, 1.165) is 18.1 Å². The lowest BCUT2D eigenvalue weighted by atomic mass is 10.1. The molecule has 2 fully saturated rings.